The van der Waals surface area contributed by atoms with Gasteiger partial charge in [0, 0.05) is 6.42 Å². The molecule has 0 aliphatic heterocycles. The molecule has 0 saturated carbocycles. The van der Waals surface area contributed by atoms with E-state index in [0.29, 0.717) is 6.04 Å². The lowest BCUT2D eigenvalue weighted by molar-refractivity contribution is -0.704. The first kappa shape index (κ1) is 20.3. The molecule has 0 aromatic carbocycles. The van der Waals surface area contributed by atoms with Crippen molar-refractivity contribution < 1.29 is 4.57 Å². The van der Waals surface area contributed by atoms with Crippen LogP contribution in [0.5, 0.6) is 0 Å². The standard InChI is InChI=1S/C21H41N2/c1-5-7-9-10-11-12-13-15-17-22-18-19-23(20(3)4)21(22)16-14-8-6-2/h18-20H,5-17H2,1-4H3/q+1. The van der Waals surface area contributed by atoms with Crippen LogP contribution in [0.15, 0.2) is 12.4 Å². The van der Waals surface area contributed by atoms with E-state index >= 15 is 0 Å². The molecule has 0 aliphatic carbocycles. The molecule has 1 aromatic rings. The fourth-order valence-electron chi connectivity index (χ4n) is 3.37. The molecule has 1 rings (SSSR count). The van der Waals surface area contributed by atoms with Gasteiger partial charge < -0.3 is 0 Å². The maximum absolute atomic E-state index is 2.52. The van der Waals surface area contributed by atoms with Crippen molar-refractivity contribution in [1.82, 2.24) is 4.57 Å². The summed E-state index contributed by atoms with van der Waals surface area (Å²) >= 11 is 0. The van der Waals surface area contributed by atoms with Gasteiger partial charge in [-0.2, -0.15) is 0 Å². The van der Waals surface area contributed by atoms with E-state index < -0.39 is 0 Å². The topological polar surface area (TPSA) is 8.81 Å². The van der Waals surface area contributed by atoms with Crippen molar-refractivity contribution in [1.29, 1.82) is 0 Å². The quantitative estimate of drug-likeness (QED) is 0.284. The molecule has 1 heterocycles. The minimum Gasteiger partial charge on any atom is -0.234 e. The monoisotopic (exact) mass is 321 g/mol. The second-order valence-electron chi connectivity index (χ2n) is 7.34. The summed E-state index contributed by atoms with van der Waals surface area (Å²) in [5.41, 5.74) is 0. The Hall–Kier alpha value is -0.790. The zero-order valence-electron chi connectivity index (χ0n) is 16.3. The Labute approximate surface area is 145 Å². The minimum absolute atomic E-state index is 0.575. The van der Waals surface area contributed by atoms with Gasteiger partial charge in [0.1, 0.15) is 12.4 Å². The van der Waals surface area contributed by atoms with Gasteiger partial charge in [-0.05, 0) is 33.1 Å². The third kappa shape index (κ3) is 8.04. The summed E-state index contributed by atoms with van der Waals surface area (Å²) in [5.74, 6) is 1.54. The summed E-state index contributed by atoms with van der Waals surface area (Å²) < 4.78 is 4.99. The van der Waals surface area contributed by atoms with Crippen LogP contribution in [-0.2, 0) is 13.0 Å². The van der Waals surface area contributed by atoms with Crippen LogP contribution in [0.25, 0.3) is 0 Å². The summed E-state index contributed by atoms with van der Waals surface area (Å²) in [4.78, 5) is 0. The number of rotatable bonds is 14. The molecule has 0 fully saturated rings. The number of aromatic nitrogens is 2. The molecule has 134 valence electrons. The fourth-order valence-corrected chi connectivity index (χ4v) is 3.37. The van der Waals surface area contributed by atoms with Crippen molar-refractivity contribution in [2.75, 3.05) is 0 Å². The Balaban J connectivity index is 2.34. The highest BCUT2D eigenvalue weighted by molar-refractivity contribution is 4.86. The van der Waals surface area contributed by atoms with E-state index in [0.717, 1.165) is 0 Å². The molecule has 0 saturated heterocycles. The lowest BCUT2D eigenvalue weighted by atomic mass is 10.1. The Morgan fingerprint density at radius 3 is 2.00 bits per heavy atom. The highest BCUT2D eigenvalue weighted by atomic mass is 15.2. The second kappa shape index (κ2) is 12.6. The van der Waals surface area contributed by atoms with E-state index in [1.54, 1.807) is 0 Å². The van der Waals surface area contributed by atoms with Crippen LogP contribution in [0.3, 0.4) is 0 Å². The van der Waals surface area contributed by atoms with Gasteiger partial charge in [-0.3, -0.25) is 0 Å². The molecular weight excluding hydrogens is 280 g/mol. The van der Waals surface area contributed by atoms with Crippen molar-refractivity contribution in [2.45, 2.75) is 117 Å². The molecule has 0 bridgehead atoms. The van der Waals surface area contributed by atoms with Crippen LogP contribution >= 0.6 is 0 Å². The summed E-state index contributed by atoms with van der Waals surface area (Å²) in [5, 5.41) is 0. The van der Waals surface area contributed by atoms with Crippen LogP contribution in [0.2, 0.25) is 0 Å². The first-order chi connectivity index (χ1) is 11.2. The van der Waals surface area contributed by atoms with Gasteiger partial charge >= 0.3 is 0 Å². The molecule has 0 spiro atoms. The smallest absolute Gasteiger partial charge is 0.234 e. The maximum Gasteiger partial charge on any atom is 0.256 e. The van der Waals surface area contributed by atoms with Crippen LogP contribution < -0.4 is 4.57 Å². The number of imidazole rings is 1. The summed E-state index contributed by atoms with van der Waals surface area (Å²) in [6, 6.07) is 0.575. The summed E-state index contributed by atoms with van der Waals surface area (Å²) in [7, 11) is 0. The summed E-state index contributed by atoms with van der Waals surface area (Å²) in [6.07, 6.45) is 21.0. The van der Waals surface area contributed by atoms with Crippen molar-refractivity contribution in [3.63, 3.8) is 0 Å². The minimum atomic E-state index is 0.575. The molecule has 0 amide bonds. The lowest BCUT2D eigenvalue weighted by Crippen LogP contribution is -2.37. The van der Waals surface area contributed by atoms with E-state index in [1.807, 2.05) is 0 Å². The van der Waals surface area contributed by atoms with Gasteiger partial charge in [-0.25, -0.2) is 9.13 Å². The van der Waals surface area contributed by atoms with Gasteiger partial charge in [-0.15, -0.1) is 0 Å². The van der Waals surface area contributed by atoms with E-state index in [-0.39, 0.29) is 0 Å². The summed E-state index contributed by atoms with van der Waals surface area (Å²) in [6.45, 7) is 10.4. The van der Waals surface area contributed by atoms with Crippen molar-refractivity contribution >= 4 is 0 Å². The maximum atomic E-state index is 2.52. The number of aryl methyl sites for hydroxylation is 1. The van der Waals surface area contributed by atoms with Gasteiger partial charge in [0.2, 0.25) is 0 Å². The average Bonchev–Trinajstić information content (AvgIpc) is 2.93. The Bertz CT molecular complexity index is 393. The molecule has 0 unspecified atom stereocenters. The number of hydrogen-bond acceptors (Lipinski definition) is 0. The Morgan fingerprint density at radius 2 is 1.39 bits per heavy atom. The van der Waals surface area contributed by atoms with Gasteiger partial charge in [0.05, 0.1) is 12.6 Å². The lowest BCUT2D eigenvalue weighted by Gasteiger charge is -2.08. The van der Waals surface area contributed by atoms with Crippen LogP contribution in [0, 0.1) is 0 Å². The van der Waals surface area contributed by atoms with Crippen LogP contribution in [-0.4, -0.2) is 4.57 Å². The largest absolute Gasteiger partial charge is 0.256 e. The molecule has 2 heteroatoms. The predicted octanol–water partition coefficient (Wildman–Crippen LogP) is 6.23. The van der Waals surface area contributed by atoms with Gasteiger partial charge in [-0.1, -0.05) is 65.2 Å². The van der Waals surface area contributed by atoms with E-state index in [2.05, 4.69) is 49.2 Å². The molecule has 0 N–H and O–H groups in total. The number of nitrogens with zero attached hydrogens (tertiary/aromatic N) is 2. The third-order valence-electron chi connectivity index (χ3n) is 4.85. The molecule has 0 aliphatic rings. The third-order valence-corrected chi connectivity index (χ3v) is 4.85. The van der Waals surface area contributed by atoms with Crippen molar-refractivity contribution in [2.24, 2.45) is 0 Å². The zero-order valence-corrected chi connectivity index (χ0v) is 16.3. The fraction of sp³-hybridized carbons (Fsp3) is 0.857. The normalized spacial score (nSPS) is 11.5. The SMILES string of the molecule is CCCCCCCCCC[n+]1ccn(C(C)C)c1CCCCC. The van der Waals surface area contributed by atoms with E-state index in [1.165, 1.54) is 89.4 Å². The highest BCUT2D eigenvalue weighted by Crippen LogP contribution is 2.12. The second-order valence-corrected chi connectivity index (χ2v) is 7.34. The molecule has 2 nitrogen and oxygen atoms in total. The molecule has 0 atom stereocenters. The zero-order chi connectivity index (χ0) is 16.9. The van der Waals surface area contributed by atoms with Crippen molar-refractivity contribution in [3.8, 4) is 0 Å². The van der Waals surface area contributed by atoms with Gasteiger partial charge in [0.25, 0.3) is 5.82 Å². The van der Waals surface area contributed by atoms with E-state index in [9.17, 15) is 0 Å². The molecular formula is C21H41N2+. The highest BCUT2D eigenvalue weighted by Gasteiger charge is 2.18. The van der Waals surface area contributed by atoms with Gasteiger partial charge in [0.15, 0.2) is 0 Å². The number of unbranched alkanes of at least 4 members (excludes halogenated alkanes) is 9. The Kier molecular flexibility index (Phi) is 11.1. The average molecular weight is 322 g/mol. The van der Waals surface area contributed by atoms with Crippen LogP contribution in [0.1, 0.15) is 110 Å². The molecule has 0 radical (unpaired) electrons. The molecule has 1 aromatic heterocycles. The van der Waals surface area contributed by atoms with Crippen LogP contribution in [0.4, 0.5) is 0 Å². The Morgan fingerprint density at radius 1 is 0.826 bits per heavy atom. The first-order valence-electron chi connectivity index (χ1n) is 10.3. The first-order valence-corrected chi connectivity index (χ1v) is 10.3. The van der Waals surface area contributed by atoms with E-state index in [4.69, 9.17) is 0 Å². The number of hydrogen-bond donors (Lipinski definition) is 0. The molecule has 23 heavy (non-hydrogen) atoms. The predicted molar refractivity (Wildman–Crippen MR) is 101 cm³/mol. The van der Waals surface area contributed by atoms with Crippen molar-refractivity contribution in [3.05, 3.63) is 18.2 Å².